The molecule has 6 nitrogen and oxygen atoms in total. The molecule has 144 valence electrons. The normalized spacial score (nSPS) is 15.6. The summed E-state index contributed by atoms with van der Waals surface area (Å²) in [6, 6.07) is 14.6. The second-order valence-electron chi connectivity index (χ2n) is 6.32. The van der Waals surface area contributed by atoms with Crippen molar-refractivity contribution in [3.8, 4) is 0 Å². The maximum absolute atomic E-state index is 12.1. The van der Waals surface area contributed by atoms with E-state index in [1.807, 2.05) is 24.3 Å². The highest BCUT2D eigenvalue weighted by molar-refractivity contribution is 5.95. The van der Waals surface area contributed by atoms with Gasteiger partial charge in [0.15, 0.2) is 0 Å². The molecule has 1 saturated heterocycles. The Morgan fingerprint density at radius 3 is 2.33 bits per heavy atom. The highest BCUT2D eigenvalue weighted by Crippen LogP contribution is 2.18. The number of carbonyl (C=O) groups excluding carboxylic acids is 2. The summed E-state index contributed by atoms with van der Waals surface area (Å²) >= 11 is 0. The minimum absolute atomic E-state index is 0. The summed E-state index contributed by atoms with van der Waals surface area (Å²) in [6.07, 6.45) is 2.25. The number of amides is 2. The molecular formula is C20H24ClN3O3. The molecule has 1 heterocycles. The number of benzene rings is 2. The predicted octanol–water partition coefficient (Wildman–Crippen LogP) is 3.38. The third-order valence-electron chi connectivity index (χ3n) is 4.33. The first-order chi connectivity index (χ1) is 12.6. The largest absolute Gasteiger partial charge is 0.399 e. The van der Waals surface area contributed by atoms with E-state index in [1.54, 1.807) is 24.3 Å². The van der Waals surface area contributed by atoms with Gasteiger partial charge < -0.3 is 21.1 Å². The molecule has 7 heteroatoms. The Labute approximate surface area is 164 Å². The summed E-state index contributed by atoms with van der Waals surface area (Å²) < 4.78 is 5.36. The van der Waals surface area contributed by atoms with Crippen molar-refractivity contribution in [2.75, 3.05) is 23.0 Å². The Bertz CT molecular complexity index is 774. The average Bonchev–Trinajstić information content (AvgIpc) is 3.17. The first kappa shape index (κ1) is 20.7. The molecule has 27 heavy (non-hydrogen) atoms. The number of rotatable bonds is 6. The molecule has 1 fully saturated rings. The van der Waals surface area contributed by atoms with Crippen LogP contribution in [-0.4, -0.2) is 24.5 Å². The molecule has 2 aromatic carbocycles. The quantitative estimate of drug-likeness (QED) is 0.660. The molecule has 0 aromatic heterocycles. The first-order valence-corrected chi connectivity index (χ1v) is 8.77. The lowest BCUT2D eigenvalue weighted by Gasteiger charge is -2.11. The Kier molecular flexibility index (Phi) is 7.64. The Morgan fingerprint density at radius 2 is 1.70 bits per heavy atom. The van der Waals surface area contributed by atoms with Crippen molar-refractivity contribution in [2.45, 2.75) is 31.8 Å². The van der Waals surface area contributed by atoms with E-state index in [-0.39, 0.29) is 30.3 Å². The maximum Gasteiger partial charge on any atom is 0.253 e. The summed E-state index contributed by atoms with van der Waals surface area (Å²) in [4.78, 5) is 24.1. The van der Waals surface area contributed by atoms with Crippen LogP contribution in [0.25, 0.3) is 0 Å². The molecule has 1 unspecified atom stereocenters. The number of anilines is 3. The zero-order valence-corrected chi connectivity index (χ0v) is 15.8. The number of ether oxygens (including phenoxy) is 1. The van der Waals surface area contributed by atoms with E-state index in [0.717, 1.165) is 18.4 Å². The van der Waals surface area contributed by atoms with Gasteiger partial charge in [-0.2, -0.15) is 0 Å². The standard InChI is InChI=1S/C20H23N3O3.ClH/c21-17-5-2-1-4-14(17)7-12-19(24)22-15-8-10-16(11-9-15)23-20(25)18-6-3-13-26-18;/h1-2,4-5,8-11,18H,3,6-7,12-13,21H2,(H,22,24)(H,23,25);1H. The molecule has 1 aliphatic heterocycles. The Hall–Kier alpha value is -2.57. The lowest BCUT2D eigenvalue weighted by molar-refractivity contribution is -0.124. The molecule has 1 aliphatic rings. The summed E-state index contributed by atoms with van der Waals surface area (Å²) in [7, 11) is 0. The monoisotopic (exact) mass is 389 g/mol. The molecule has 0 saturated carbocycles. The zero-order chi connectivity index (χ0) is 18.4. The number of nitrogens with two attached hydrogens (primary N) is 1. The van der Waals surface area contributed by atoms with E-state index < -0.39 is 0 Å². The Morgan fingerprint density at radius 1 is 1.04 bits per heavy atom. The molecular weight excluding hydrogens is 366 g/mol. The number of nitrogen functional groups attached to an aromatic ring is 1. The van der Waals surface area contributed by atoms with Crippen LogP contribution in [0, 0.1) is 0 Å². The lowest BCUT2D eigenvalue weighted by atomic mass is 10.1. The molecule has 4 N–H and O–H groups in total. The van der Waals surface area contributed by atoms with Gasteiger partial charge in [0.1, 0.15) is 6.10 Å². The number of nitrogens with one attached hydrogen (secondary N) is 2. The Balaban J connectivity index is 0.00000261. The van der Waals surface area contributed by atoms with Gasteiger partial charge in [0.25, 0.3) is 5.91 Å². The smallest absolute Gasteiger partial charge is 0.253 e. The fraction of sp³-hybridized carbons (Fsp3) is 0.300. The van der Waals surface area contributed by atoms with Gasteiger partial charge in [-0.1, -0.05) is 18.2 Å². The van der Waals surface area contributed by atoms with Crippen molar-refractivity contribution in [3.05, 3.63) is 54.1 Å². The van der Waals surface area contributed by atoms with E-state index in [4.69, 9.17) is 10.5 Å². The van der Waals surface area contributed by atoms with Crippen LogP contribution in [0.3, 0.4) is 0 Å². The topological polar surface area (TPSA) is 93.5 Å². The zero-order valence-electron chi connectivity index (χ0n) is 14.9. The molecule has 2 aromatic rings. The van der Waals surface area contributed by atoms with Crippen LogP contribution in [0.4, 0.5) is 17.1 Å². The molecule has 3 rings (SSSR count). The van der Waals surface area contributed by atoms with Crippen molar-refractivity contribution in [3.63, 3.8) is 0 Å². The van der Waals surface area contributed by atoms with E-state index in [1.165, 1.54) is 0 Å². The molecule has 1 atom stereocenters. The van der Waals surface area contributed by atoms with Gasteiger partial charge in [0.05, 0.1) is 0 Å². The van der Waals surface area contributed by atoms with Gasteiger partial charge in [-0.05, 0) is 55.2 Å². The van der Waals surface area contributed by atoms with Gasteiger partial charge in [0, 0.05) is 30.1 Å². The SMILES string of the molecule is Cl.Nc1ccccc1CCC(=O)Nc1ccc(NC(=O)C2CCCO2)cc1. The molecule has 0 bridgehead atoms. The molecule has 0 spiro atoms. The van der Waals surface area contributed by atoms with Crippen LogP contribution in [0.15, 0.2) is 48.5 Å². The minimum Gasteiger partial charge on any atom is -0.399 e. The van der Waals surface area contributed by atoms with Crippen LogP contribution in [0.1, 0.15) is 24.8 Å². The highest BCUT2D eigenvalue weighted by Gasteiger charge is 2.23. The van der Waals surface area contributed by atoms with E-state index in [2.05, 4.69) is 10.6 Å². The maximum atomic E-state index is 12.1. The van der Waals surface area contributed by atoms with Crippen LogP contribution in [0.5, 0.6) is 0 Å². The number of hydrogen-bond acceptors (Lipinski definition) is 4. The fourth-order valence-electron chi connectivity index (χ4n) is 2.88. The van der Waals surface area contributed by atoms with Gasteiger partial charge >= 0.3 is 0 Å². The fourth-order valence-corrected chi connectivity index (χ4v) is 2.88. The van der Waals surface area contributed by atoms with Crippen molar-refractivity contribution in [1.82, 2.24) is 0 Å². The van der Waals surface area contributed by atoms with Gasteiger partial charge in [-0.3, -0.25) is 9.59 Å². The van der Waals surface area contributed by atoms with Crippen molar-refractivity contribution < 1.29 is 14.3 Å². The summed E-state index contributed by atoms with van der Waals surface area (Å²) in [5.74, 6) is -0.205. The second-order valence-corrected chi connectivity index (χ2v) is 6.32. The van der Waals surface area contributed by atoms with Gasteiger partial charge in [0.2, 0.25) is 5.91 Å². The first-order valence-electron chi connectivity index (χ1n) is 8.77. The number of para-hydroxylation sites is 1. The van der Waals surface area contributed by atoms with Gasteiger partial charge in [-0.25, -0.2) is 0 Å². The second kappa shape index (κ2) is 9.94. The van der Waals surface area contributed by atoms with Crippen LogP contribution in [-0.2, 0) is 20.7 Å². The third-order valence-corrected chi connectivity index (χ3v) is 4.33. The van der Waals surface area contributed by atoms with Crippen LogP contribution < -0.4 is 16.4 Å². The molecule has 0 aliphatic carbocycles. The predicted molar refractivity (Wildman–Crippen MR) is 109 cm³/mol. The van der Waals surface area contributed by atoms with E-state index in [0.29, 0.717) is 36.5 Å². The van der Waals surface area contributed by atoms with E-state index in [9.17, 15) is 9.59 Å². The average molecular weight is 390 g/mol. The number of carbonyl (C=O) groups is 2. The van der Waals surface area contributed by atoms with Crippen molar-refractivity contribution in [2.24, 2.45) is 0 Å². The van der Waals surface area contributed by atoms with Crippen LogP contribution in [0.2, 0.25) is 0 Å². The lowest BCUT2D eigenvalue weighted by Crippen LogP contribution is -2.26. The van der Waals surface area contributed by atoms with Crippen molar-refractivity contribution in [1.29, 1.82) is 0 Å². The summed E-state index contributed by atoms with van der Waals surface area (Å²) in [5.41, 5.74) is 8.92. The van der Waals surface area contributed by atoms with E-state index >= 15 is 0 Å². The molecule has 0 radical (unpaired) electrons. The van der Waals surface area contributed by atoms with Gasteiger partial charge in [-0.15, -0.1) is 12.4 Å². The van der Waals surface area contributed by atoms with Crippen molar-refractivity contribution >= 4 is 41.3 Å². The number of aryl methyl sites for hydroxylation is 1. The van der Waals surface area contributed by atoms with Crippen LogP contribution >= 0.6 is 12.4 Å². The molecule has 2 amide bonds. The number of halogens is 1. The highest BCUT2D eigenvalue weighted by atomic mass is 35.5. The minimum atomic E-state index is -0.361. The third kappa shape index (κ3) is 5.98. The number of hydrogen-bond donors (Lipinski definition) is 3. The summed E-state index contributed by atoms with van der Waals surface area (Å²) in [6.45, 7) is 0.637. The summed E-state index contributed by atoms with van der Waals surface area (Å²) in [5, 5.41) is 5.68.